The Morgan fingerprint density at radius 3 is 2.44 bits per heavy atom. The number of carboxylic acids is 1. The number of benzene rings is 3. The number of nitrogens with zero attached hydrogens (tertiary/aromatic N) is 4. The topological polar surface area (TPSA) is 80.9 Å². The van der Waals surface area contributed by atoms with E-state index in [1.807, 2.05) is 60.8 Å². The first-order valence-electron chi connectivity index (χ1n) is 11.8. The Hall–Kier alpha value is -4.06. The molecule has 34 heavy (non-hydrogen) atoms. The van der Waals surface area contributed by atoms with Crippen LogP contribution in [0.25, 0.3) is 44.7 Å². The molecule has 1 fully saturated rings. The molecule has 5 aromatic rings. The standard InChI is InChI=1S/C28H24N4O2/c33-28(34)20-12-14-26-24(16-20)31-27(32(26)21-9-5-2-6-10-21)19-11-13-22-23(15-19)30-25(17-29-22)18-7-3-1-4-8-18/h1,3-4,7-8,11-17,21H,2,5-6,9-10H2,(H,33,34). The first kappa shape index (κ1) is 20.5. The molecule has 6 rings (SSSR count). The molecule has 1 aliphatic carbocycles. The van der Waals surface area contributed by atoms with Gasteiger partial charge < -0.3 is 9.67 Å². The average molecular weight is 449 g/mol. The summed E-state index contributed by atoms with van der Waals surface area (Å²) in [6, 6.07) is 21.7. The van der Waals surface area contributed by atoms with Gasteiger partial charge in [0.1, 0.15) is 5.82 Å². The highest BCUT2D eigenvalue weighted by atomic mass is 16.4. The molecule has 2 heterocycles. The fraction of sp³-hybridized carbons (Fsp3) is 0.214. The van der Waals surface area contributed by atoms with E-state index in [0.717, 1.165) is 52.0 Å². The first-order valence-corrected chi connectivity index (χ1v) is 11.8. The molecule has 168 valence electrons. The second-order valence-electron chi connectivity index (χ2n) is 8.93. The fourth-order valence-corrected chi connectivity index (χ4v) is 5.04. The molecule has 0 amide bonds. The molecule has 0 unspecified atom stereocenters. The van der Waals surface area contributed by atoms with Crippen molar-refractivity contribution in [2.45, 2.75) is 38.1 Å². The lowest BCUT2D eigenvalue weighted by Gasteiger charge is -2.25. The Labute approximate surface area is 196 Å². The highest BCUT2D eigenvalue weighted by Crippen LogP contribution is 2.36. The number of hydrogen-bond donors (Lipinski definition) is 1. The van der Waals surface area contributed by atoms with Crippen molar-refractivity contribution in [1.82, 2.24) is 19.5 Å². The third kappa shape index (κ3) is 3.61. The summed E-state index contributed by atoms with van der Waals surface area (Å²) in [6.45, 7) is 0. The molecular weight excluding hydrogens is 424 g/mol. The van der Waals surface area contributed by atoms with Crippen LogP contribution >= 0.6 is 0 Å². The van der Waals surface area contributed by atoms with E-state index in [1.165, 1.54) is 19.3 Å². The van der Waals surface area contributed by atoms with Crippen LogP contribution < -0.4 is 0 Å². The molecule has 6 nitrogen and oxygen atoms in total. The summed E-state index contributed by atoms with van der Waals surface area (Å²) in [7, 11) is 0. The summed E-state index contributed by atoms with van der Waals surface area (Å²) in [5.74, 6) is -0.0802. The van der Waals surface area contributed by atoms with Crippen LogP contribution in [0.1, 0.15) is 48.5 Å². The number of aromatic carboxylic acids is 1. The molecule has 0 spiro atoms. The van der Waals surface area contributed by atoms with E-state index in [9.17, 15) is 9.90 Å². The molecule has 0 bridgehead atoms. The first-order chi connectivity index (χ1) is 16.7. The number of aromatic nitrogens is 4. The normalized spacial score (nSPS) is 14.6. The molecule has 3 aromatic carbocycles. The Morgan fingerprint density at radius 2 is 1.65 bits per heavy atom. The lowest BCUT2D eigenvalue weighted by molar-refractivity contribution is 0.0697. The van der Waals surface area contributed by atoms with Crippen molar-refractivity contribution in [3.63, 3.8) is 0 Å². The van der Waals surface area contributed by atoms with Crippen LogP contribution in [0.4, 0.5) is 0 Å². The van der Waals surface area contributed by atoms with Gasteiger partial charge in [-0.2, -0.15) is 0 Å². The Balaban J connectivity index is 1.52. The lowest BCUT2D eigenvalue weighted by Crippen LogP contribution is -2.14. The van der Waals surface area contributed by atoms with E-state index in [2.05, 4.69) is 9.55 Å². The fourth-order valence-electron chi connectivity index (χ4n) is 5.04. The van der Waals surface area contributed by atoms with Crippen molar-refractivity contribution in [2.75, 3.05) is 0 Å². The highest BCUT2D eigenvalue weighted by Gasteiger charge is 2.23. The number of imidazole rings is 1. The maximum absolute atomic E-state index is 11.6. The van der Waals surface area contributed by atoms with Gasteiger partial charge in [-0.25, -0.2) is 14.8 Å². The van der Waals surface area contributed by atoms with Gasteiger partial charge in [0.25, 0.3) is 0 Å². The summed E-state index contributed by atoms with van der Waals surface area (Å²) in [6.07, 6.45) is 7.66. The van der Waals surface area contributed by atoms with Crippen LogP contribution in [0, 0.1) is 0 Å². The monoisotopic (exact) mass is 448 g/mol. The Morgan fingerprint density at radius 1 is 0.824 bits per heavy atom. The van der Waals surface area contributed by atoms with Crippen LogP contribution in [-0.4, -0.2) is 30.6 Å². The van der Waals surface area contributed by atoms with Crippen LogP contribution in [0.2, 0.25) is 0 Å². The van der Waals surface area contributed by atoms with Crippen LogP contribution in [0.3, 0.4) is 0 Å². The van der Waals surface area contributed by atoms with Crippen molar-refractivity contribution >= 4 is 28.0 Å². The summed E-state index contributed by atoms with van der Waals surface area (Å²) >= 11 is 0. The number of fused-ring (bicyclic) bond motifs is 2. The van der Waals surface area contributed by atoms with E-state index in [4.69, 9.17) is 9.97 Å². The van der Waals surface area contributed by atoms with Crippen molar-refractivity contribution in [1.29, 1.82) is 0 Å². The van der Waals surface area contributed by atoms with Crippen molar-refractivity contribution in [2.24, 2.45) is 0 Å². The van der Waals surface area contributed by atoms with Crippen LogP contribution in [-0.2, 0) is 0 Å². The molecule has 0 atom stereocenters. The SMILES string of the molecule is O=C(O)c1ccc2c(c1)nc(-c1ccc3ncc(-c4ccccc4)nc3c1)n2C1CCCCC1. The maximum Gasteiger partial charge on any atom is 0.335 e. The molecule has 6 heteroatoms. The number of hydrogen-bond acceptors (Lipinski definition) is 4. The molecule has 1 saturated carbocycles. The van der Waals surface area contributed by atoms with E-state index in [-0.39, 0.29) is 5.56 Å². The zero-order valence-electron chi connectivity index (χ0n) is 18.7. The zero-order chi connectivity index (χ0) is 23.1. The smallest absolute Gasteiger partial charge is 0.335 e. The second kappa shape index (κ2) is 8.37. The van der Waals surface area contributed by atoms with Crippen molar-refractivity contribution in [3.05, 3.63) is 78.5 Å². The summed E-state index contributed by atoms with van der Waals surface area (Å²) < 4.78 is 2.32. The van der Waals surface area contributed by atoms with E-state index >= 15 is 0 Å². The maximum atomic E-state index is 11.6. The van der Waals surface area contributed by atoms with E-state index in [1.54, 1.807) is 12.1 Å². The van der Waals surface area contributed by atoms with Crippen LogP contribution in [0.5, 0.6) is 0 Å². The lowest BCUT2D eigenvalue weighted by atomic mass is 9.94. The minimum absolute atomic E-state index is 0.254. The Bertz CT molecular complexity index is 1520. The van der Waals surface area contributed by atoms with Gasteiger partial charge >= 0.3 is 5.97 Å². The van der Waals surface area contributed by atoms with Gasteiger partial charge in [-0.3, -0.25) is 4.98 Å². The molecule has 1 N–H and O–H groups in total. The van der Waals surface area contributed by atoms with Gasteiger partial charge in [0.2, 0.25) is 0 Å². The summed E-state index contributed by atoms with van der Waals surface area (Å²) in [4.78, 5) is 26.0. The van der Waals surface area contributed by atoms with Gasteiger partial charge in [0.05, 0.1) is 39.5 Å². The third-order valence-electron chi connectivity index (χ3n) is 6.75. The Kier molecular flexibility index (Phi) is 5.06. The largest absolute Gasteiger partial charge is 0.478 e. The molecule has 0 aliphatic heterocycles. The quantitative estimate of drug-likeness (QED) is 0.339. The number of carboxylic acid groups (broad SMARTS) is 1. The zero-order valence-corrected chi connectivity index (χ0v) is 18.7. The number of rotatable bonds is 4. The minimum atomic E-state index is -0.940. The van der Waals surface area contributed by atoms with Gasteiger partial charge in [-0.15, -0.1) is 0 Å². The third-order valence-corrected chi connectivity index (χ3v) is 6.75. The molecule has 0 saturated heterocycles. The van der Waals surface area contributed by atoms with Gasteiger partial charge in [-0.1, -0.05) is 49.6 Å². The molecule has 2 aromatic heterocycles. The molecular formula is C28H24N4O2. The van der Waals surface area contributed by atoms with Crippen molar-refractivity contribution in [3.8, 4) is 22.6 Å². The van der Waals surface area contributed by atoms with Gasteiger partial charge in [-0.05, 0) is 49.2 Å². The minimum Gasteiger partial charge on any atom is -0.478 e. The number of carbonyl (C=O) groups is 1. The average Bonchev–Trinajstić information content (AvgIpc) is 3.28. The van der Waals surface area contributed by atoms with Gasteiger partial charge in [0.15, 0.2) is 0 Å². The van der Waals surface area contributed by atoms with Gasteiger partial charge in [0, 0.05) is 17.2 Å². The van der Waals surface area contributed by atoms with Crippen molar-refractivity contribution < 1.29 is 9.90 Å². The van der Waals surface area contributed by atoms with E-state index < -0.39 is 5.97 Å². The predicted molar refractivity (Wildman–Crippen MR) is 133 cm³/mol. The molecule has 1 aliphatic rings. The van der Waals surface area contributed by atoms with E-state index in [0.29, 0.717) is 11.6 Å². The summed E-state index contributed by atoms with van der Waals surface area (Å²) in [5, 5.41) is 9.47. The van der Waals surface area contributed by atoms with Crippen LogP contribution in [0.15, 0.2) is 72.9 Å². The summed E-state index contributed by atoms with van der Waals surface area (Å²) in [5.41, 5.74) is 6.41. The second-order valence-corrected chi connectivity index (χ2v) is 8.93. The predicted octanol–water partition coefficient (Wildman–Crippen LogP) is 6.52. The highest BCUT2D eigenvalue weighted by molar-refractivity contribution is 5.93. The molecule has 0 radical (unpaired) electrons.